The molecule has 3 rings (SSSR count). The van der Waals surface area contributed by atoms with Gasteiger partial charge in [0.05, 0.1) is 5.02 Å². The number of nitrogens with zero attached hydrogens (tertiary/aromatic N) is 5. The van der Waals surface area contributed by atoms with Crippen molar-refractivity contribution in [2.75, 3.05) is 24.5 Å². The lowest BCUT2D eigenvalue weighted by Gasteiger charge is -2.20. The maximum atomic E-state index is 6.24. The van der Waals surface area contributed by atoms with Crippen LogP contribution in [0.2, 0.25) is 5.02 Å². The minimum absolute atomic E-state index is 0.264. The molecule has 0 radical (unpaired) electrons. The van der Waals surface area contributed by atoms with Crippen LogP contribution in [0.1, 0.15) is 25.1 Å². The lowest BCUT2D eigenvalue weighted by atomic mass is 10.3. The van der Waals surface area contributed by atoms with Crippen molar-refractivity contribution in [3.8, 4) is 0 Å². The van der Waals surface area contributed by atoms with Crippen LogP contribution < -0.4 is 15.5 Å². The first kappa shape index (κ1) is 17.5. The van der Waals surface area contributed by atoms with Crippen molar-refractivity contribution in [3.63, 3.8) is 0 Å². The van der Waals surface area contributed by atoms with E-state index < -0.39 is 0 Å². The highest BCUT2D eigenvalue weighted by Crippen LogP contribution is 2.25. The predicted molar refractivity (Wildman–Crippen MR) is 96.9 cm³/mol. The van der Waals surface area contributed by atoms with Gasteiger partial charge in [0.15, 0.2) is 11.8 Å². The highest BCUT2D eigenvalue weighted by Gasteiger charge is 2.25. The number of halogens is 1. The Balaban J connectivity index is 1.60. The molecule has 0 bridgehead atoms. The largest absolute Gasteiger partial charge is 0.357 e. The minimum atomic E-state index is 0.264. The molecule has 25 heavy (non-hydrogen) atoms. The second kappa shape index (κ2) is 8.15. The van der Waals surface area contributed by atoms with Crippen LogP contribution in [0.4, 0.5) is 5.82 Å². The van der Waals surface area contributed by atoms with Crippen LogP contribution in [0, 0.1) is 6.92 Å². The van der Waals surface area contributed by atoms with Gasteiger partial charge in [0.2, 0.25) is 5.89 Å². The van der Waals surface area contributed by atoms with Gasteiger partial charge in [-0.05, 0) is 32.4 Å². The van der Waals surface area contributed by atoms with Crippen LogP contribution in [-0.4, -0.2) is 46.8 Å². The number of hydrogen-bond donors (Lipinski definition) is 2. The van der Waals surface area contributed by atoms with Crippen molar-refractivity contribution in [2.45, 2.75) is 32.9 Å². The number of guanidine groups is 1. The molecule has 134 valence electrons. The molecule has 3 heterocycles. The van der Waals surface area contributed by atoms with Crippen molar-refractivity contribution >= 4 is 23.4 Å². The SMILES string of the molecule is CCNC(=NCc1nc(C)no1)NC1CCN(c2ncccc2Cl)C1. The van der Waals surface area contributed by atoms with Gasteiger partial charge in [0.1, 0.15) is 12.4 Å². The van der Waals surface area contributed by atoms with Crippen molar-refractivity contribution in [3.05, 3.63) is 35.1 Å². The molecular weight excluding hydrogens is 342 g/mol. The Morgan fingerprint density at radius 2 is 2.40 bits per heavy atom. The fourth-order valence-corrected chi connectivity index (χ4v) is 2.99. The number of aryl methyl sites for hydroxylation is 1. The monoisotopic (exact) mass is 363 g/mol. The van der Waals surface area contributed by atoms with E-state index >= 15 is 0 Å². The Morgan fingerprint density at radius 3 is 3.12 bits per heavy atom. The van der Waals surface area contributed by atoms with Crippen LogP contribution in [-0.2, 0) is 6.54 Å². The predicted octanol–water partition coefficient (Wildman–Crippen LogP) is 1.76. The van der Waals surface area contributed by atoms with Crippen molar-refractivity contribution in [2.24, 2.45) is 4.99 Å². The van der Waals surface area contributed by atoms with Crippen molar-refractivity contribution in [1.29, 1.82) is 0 Å². The standard InChI is InChI=1S/C16H22ClN7O/c1-3-18-16(20-9-14-21-11(2)23-25-14)22-12-6-8-24(10-12)15-13(17)5-4-7-19-15/h4-5,7,12H,3,6,8-10H2,1-2H3,(H2,18,20,22). The fraction of sp³-hybridized carbons (Fsp3) is 0.500. The molecule has 1 saturated heterocycles. The van der Waals surface area contributed by atoms with Gasteiger partial charge in [0.25, 0.3) is 0 Å². The number of aromatic nitrogens is 3. The zero-order chi connectivity index (χ0) is 17.6. The van der Waals surface area contributed by atoms with Crippen LogP contribution in [0.25, 0.3) is 0 Å². The third kappa shape index (κ3) is 4.60. The summed E-state index contributed by atoms with van der Waals surface area (Å²) in [5.41, 5.74) is 0. The maximum absolute atomic E-state index is 6.24. The molecule has 0 saturated carbocycles. The highest BCUT2D eigenvalue weighted by atomic mass is 35.5. The molecule has 2 aromatic rings. The molecule has 1 fully saturated rings. The topological polar surface area (TPSA) is 91.5 Å². The molecule has 9 heteroatoms. The molecule has 0 spiro atoms. The highest BCUT2D eigenvalue weighted by molar-refractivity contribution is 6.32. The number of hydrogen-bond acceptors (Lipinski definition) is 6. The first-order valence-corrected chi connectivity index (χ1v) is 8.73. The summed E-state index contributed by atoms with van der Waals surface area (Å²) in [6, 6.07) is 3.97. The van der Waals surface area contributed by atoms with Gasteiger partial charge in [-0.1, -0.05) is 16.8 Å². The molecule has 0 aliphatic carbocycles. The van der Waals surface area contributed by atoms with Crippen LogP contribution in [0.3, 0.4) is 0 Å². The third-order valence-corrected chi connectivity index (χ3v) is 4.15. The summed E-state index contributed by atoms with van der Waals surface area (Å²) < 4.78 is 5.10. The van der Waals surface area contributed by atoms with Crippen LogP contribution >= 0.6 is 11.6 Å². The molecule has 2 aromatic heterocycles. The molecular formula is C16H22ClN7O. The lowest BCUT2D eigenvalue weighted by molar-refractivity contribution is 0.376. The van der Waals surface area contributed by atoms with E-state index in [0.29, 0.717) is 23.3 Å². The van der Waals surface area contributed by atoms with Gasteiger partial charge in [0, 0.05) is 31.9 Å². The lowest BCUT2D eigenvalue weighted by Crippen LogP contribution is -2.44. The van der Waals surface area contributed by atoms with E-state index in [1.165, 1.54) is 0 Å². The van der Waals surface area contributed by atoms with Gasteiger partial charge < -0.3 is 20.1 Å². The van der Waals surface area contributed by atoms with Crippen LogP contribution in [0.5, 0.6) is 0 Å². The zero-order valence-electron chi connectivity index (χ0n) is 14.4. The summed E-state index contributed by atoms with van der Waals surface area (Å²) >= 11 is 6.24. The molecule has 0 aromatic carbocycles. The average molecular weight is 364 g/mol. The Bertz CT molecular complexity index is 733. The first-order valence-electron chi connectivity index (χ1n) is 8.35. The van der Waals surface area contributed by atoms with E-state index in [4.69, 9.17) is 16.1 Å². The zero-order valence-corrected chi connectivity index (χ0v) is 15.1. The van der Waals surface area contributed by atoms with E-state index in [0.717, 1.165) is 37.8 Å². The second-order valence-electron chi connectivity index (χ2n) is 5.82. The smallest absolute Gasteiger partial charge is 0.248 e. The Morgan fingerprint density at radius 1 is 1.52 bits per heavy atom. The molecule has 8 nitrogen and oxygen atoms in total. The van der Waals surface area contributed by atoms with Gasteiger partial charge in [-0.3, -0.25) is 0 Å². The number of pyridine rings is 1. The summed E-state index contributed by atoms with van der Waals surface area (Å²) in [6.07, 6.45) is 2.75. The molecule has 0 amide bonds. The van der Waals surface area contributed by atoms with E-state index in [9.17, 15) is 0 Å². The molecule has 1 unspecified atom stereocenters. The maximum Gasteiger partial charge on any atom is 0.248 e. The fourth-order valence-electron chi connectivity index (χ4n) is 2.74. The normalized spacial score (nSPS) is 17.8. The number of rotatable bonds is 5. The van der Waals surface area contributed by atoms with Crippen LogP contribution in [0.15, 0.2) is 27.8 Å². The Kier molecular flexibility index (Phi) is 5.70. The molecule has 1 atom stereocenters. The summed E-state index contributed by atoms with van der Waals surface area (Å²) in [5.74, 6) is 2.68. The summed E-state index contributed by atoms with van der Waals surface area (Å²) in [5, 5.41) is 11.1. The quantitative estimate of drug-likeness (QED) is 0.617. The molecule has 1 aliphatic heterocycles. The minimum Gasteiger partial charge on any atom is -0.357 e. The van der Waals surface area contributed by atoms with E-state index in [2.05, 4.69) is 35.7 Å². The number of aliphatic imine (C=N–C) groups is 1. The van der Waals surface area contributed by atoms with Gasteiger partial charge in [-0.15, -0.1) is 0 Å². The van der Waals surface area contributed by atoms with E-state index in [1.54, 1.807) is 13.1 Å². The second-order valence-corrected chi connectivity index (χ2v) is 6.22. The van der Waals surface area contributed by atoms with Gasteiger partial charge >= 0.3 is 0 Å². The third-order valence-electron chi connectivity index (χ3n) is 3.85. The summed E-state index contributed by atoms with van der Waals surface area (Å²) in [6.45, 7) is 6.66. The summed E-state index contributed by atoms with van der Waals surface area (Å²) in [4.78, 5) is 15.2. The van der Waals surface area contributed by atoms with Gasteiger partial charge in [-0.2, -0.15) is 4.98 Å². The van der Waals surface area contributed by atoms with E-state index in [1.807, 2.05) is 19.1 Å². The van der Waals surface area contributed by atoms with Gasteiger partial charge in [-0.25, -0.2) is 9.98 Å². The number of anilines is 1. The molecule has 1 aliphatic rings. The van der Waals surface area contributed by atoms with E-state index in [-0.39, 0.29) is 6.04 Å². The van der Waals surface area contributed by atoms with Crippen molar-refractivity contribution < 1.29 is 4.52 Å². The average Bonchev–Trinajstić information content (AvgIpc) is 3.22. The Labute approximate surface area is 151 Å². The number of nitrogens with one attached hydrogen (secondary N) is 2. The Hall–Kier alpha value is -2.35. The first-order chi connectivity index (χ1) is 12.2. The molecule has 2 N–H and O–H groups in total. The summed E-state index contributed by atoms with van der Waals surface area (Å²) in [7, 11) is 0. The van der Waals surface area contributed by atoms with Crippen molar-refractivity contribution in [1.82, 2.24) is 25.8 Å².